The van der Waals surface area contributed by atoms with Crippen LogP contribution in [-0.2, 0) is 32.0 Å². The summed E-state index contributed by atoms with van der Waals surface area (Å²) in [7, 11) is -2.28. The second kappa shape index (κ2) is 10.3. The van der Waals surface area contributed by atoms with Crippen molar-refractivity contribution in [1.82, 2.24) is 19.7 Å². The average molecular weight is 595 g/mol. The topological polar surface area (TPSA) is 133 Å². The third-order valence-corrected chi connectivity index (χ3v) is 10.4. The number of sulfonamides is 1. The van der Waals surface area contributed by atoms with Crippen LogP contribution in [0.5, 0.6) is 0 Å². The summed E-state index contributed by atoms with van der Waals surface area (Å²) in [5.74, 6) is -5.87. The highest BCUT2D eigenvalue weighted by atomic mass is 32.2. The van der Waals surface area contributed by atoms with Gasteiger partial charge in [-0.15, -0.1) is 11.3 Å². The number of thiophene rings is 1. The highest BCUT2D eigenvalue weighted by Crippen LogP contribution is 2.53. The number of benzene rings is 1. The minimum Gasteiger partial charge on any atom is -0.480 e. The molecule has 0 spiro atoms. The first-order chi connectivity index (χ1) is 18.8. The van der Waals surface area contributed by atoms with Crippen LogP contribution in [0.2, 0.25) is 0 Å². The number of carbonyl (C=O) groups is 2. The Balaban J connectivity index is 1.30. The van der Waals surface area contributed by atoms with Crippen molar-refractivity contribution >= 4 is 33.2 Å². The monoisotopic (exact) mass is 594 g/mol. The molecule has 2 aliphatic rings. The van der Waals surface area contributed by atoms with Gasteiger partial charge in [-0.25, -0.2) is 8.42 Å². The second-order valence-electron chi connectivity index (χ2n) is 10.3. The number of aromatic nitrogens is 1. The van der Waals surface area contributed by atoms with Crippen molar-refractivity contribution in [2.45, 2.75) is 41.4 Å². The molecule has 1 aliphatic heterocycles. The molecule has 1 saturated carbocycles. The Morgan fingerprint density at radius 3 is 2.58 bits per heavy atom. The lowest BCUT2D eigenvalue weighted by molar-refractivity contribution is -0.140. The van der Waals surface area contributed by atoms with Crippen molar-refractivity contribution in [3.63, 3.8) is 0 Å². The van der Waals surface area contributed by atoms with Crippen LogP contribution in [-0.4, -0.2) is 79.1 Å². The Morgan fingerprint density at radius 1 is 1.20 bits per heavy atom. The van der Waals surface area contributed by atoms with Gasteiger partial charge in [0.2, 0.25) is 11.7 Å². The van der Waals surface area contributed by atoms with Gasteiger partial charge < -0.3 is 19.4 Å². The van der Waals surface area contributed by atoms with Crippen LogP contribution in [0.25, 0.3) is 10.6 Å². The van der Waals surface area contributed by atoms with Gasteiger partial charge >= 0.3 is 11.9 Å². The maximum absolute atomic E-state index is 13.5. The SMILES string of the molecule is CN1CCN(C(=O)Cc2cccc(C3CC3(NS(=O)(=O)c3ccc(-c4cc(C(C)(F)F)on4)s3)C(=O)O)c2)CC1. The highest BCUT2D eigenvalue weighted by molar-refractivity contribution is 7.91. The Morgan fingerprint density at radius 2 is 1.93 bits per heavy atom. The average Bonchev–Trinajstić information content (AvgIpc) is 3.24. The van der Waals surface area contributed by atoms with Crippen LogP contribution in [0.4, 0.5) is 8.78 Å². The summed E-state index contributed by atoms with van der Waals surface area (Å²) in [6, 6.07) is 10.7. The largest absolute Gasteiger partial charge is 0.480 e. The van der Waals surface area contributed by atoms with Gasteiger partial charge in [-0.1, -0.05) is 29.4 Å². The molecule has 1 aromatic carbocycles. The van der Waals surface area contributed by atoms with E-state index in [2.05, 4.69) is 19.3 Å². The van der Waals surface area contributed by atoms with Crippen molar-refractivity contribution < 1.29 is 36.4 Å². The molecule has 2 aromatic heterocycles. The van der Waals surface area contributed by atoms with Gasteiger partial charge in [-0.2, -0.15) is 13.5 Å². The number of carboxylic acid groups (broad SMARTS) is 1. The number of rotatable bonds is 9. The summed E-state index contributed by atoms with van der Waals surface area (Å²) in [5.41, 5.74) is -0.364. The molecule has 0 bridgehead atoms. The fourth-order valence-corrected chi connectivity index (χ4v) is 7.47. The zero-order valence-electron chi connectivity index (χ0n) is 21.8. The number of amides is 1. The molecule has 3 aromatic rings. The van der Waals surface area contributed by atoms with E-state index in [9.17, 15) is 31.9 Å². The molecule has 2 N–H and O–H groups in total. The fourth-order valence-electron chi connectivity index (χ4n) is 4.81. The van der Waals surface area contributed by atoms with Crippen molar-refractivity contribution in [3.8, 4) is 10.6 Å². The van der Waals surface area contributed by atoms with Crippen LogP contribution in [0.3, 0.4) is 0 Å². The van der Waals surface area contributed by atoms with Crippen LogP contribution < -0.4 is 4.72 Å². The van der Waals surface area contributed by atoms with Gasteiger partial charge in [0.15, 0.2) is 0 Å². The number of carboxylic acids is 1. The Hall–Kier alpha value is -3.20. The number of nitrogens with one attached hydrogen (secondary N) is 1. The lowest BCUT2D eigenvalue weighted by atomic mass is 10.0. The molecule has 14 heteroatoms. The molecule has 0 radical (unpaired) electrons. The molecule has 3 heterocycles. The smallest absolute Gasteiger partial charge is 0.325 e. The second-order valence-corrected chi connectivity index (χ2v) is 13.3. The maximum Gasteiger partial charge on any atom is 0.325 e. The van der Waals surface area contributed by atoms with E-state index in [4.69, 9.17) is 0 Å². The first-order valence-corrected chi connectivity index (χ1v) is 14.9. The number of halogens is 2. The zero-order chi connectivity index (χ0) is 28.9. The van der Waals surface area contributed by atoms with Crippen LogP contribution >= 0.6 is 11.3 Å². The number of nitrogens with zero attached hydrogens (tertiary/aromatic N) is 3. The van der Waals surface area contributed by atoms with E-state index >= 15 is 0 Å². The van der Waals surface area contributed by atoms with Gasteiger partial charge in [0.25, 0.3) is 10.0 Å². The van der Waals surface area contributed by atoms with Gasteiger partial charge in [0.05, 0.1) is 11.3 Å². The van der Waals surface area contributed by atoms with E-state index in [0.29, 0.717) is 25.6 Å². The highest BCUT2D eigenvalue weighted by Gasteiger charge is 2.63. The van der Waals surface area contributed by atoms with Crippen molar-refractivity contribution in [1.29, 1.82) is 0 Å². The number of carbonyl (C=O) groups excluding carboxylic acids is 1. The quantitative estimate of drug-likeness (QED) is 0.386. The third-order valence-electron chi connectivity index (χ3n) is 7.27. The molecule has 2 fully saturated rings. The fraction of sp³-hybridized carbons (Fsp3) is 0.423. The normalized spacial score (nSPS) is 21.9. The van der Waals surface area contributed by atoms with E-state index in [1.54, 1.807) is 24.3 Å². The van der Waals surface area contributed by atoms with Crippen LogP contribution in [0.1, 0.15) is 36.1 Å². The number of likely N-dealkylation sites (N-methyl/N-ethyl adjacent to an activating group) is 1. The standard InChI is InChI=1S/C26H28F2N4O6S2/c1-25(27,28)21-14-19(29-38-21)20-6-7-23(39-20)40(36,37)30-26(24(34)35)15-18(26)17-5-3-4-16(12-17)13-22(33)32-10-8-31(2)9-11-32/h3-7,12,14,18,30H,8-11,13,15H2,1-2H3,(H,34,35). The Bertz CT molecular complexity index is 1540. The third kappa shape index (κ3) is 5.66. The molecule has 2 unspecified atom stereocenters. The summed E-state index contributed by atoms with van der Waals surface area (Å²) in [5, 5.41) is 13.6. The van der Waals surface area contributed by atoms with Crippen molar-refractivity contribution in [3.05, 3.63) is 59.4 Å². The molecule has 10 nitrogen and oxygen atoms in total. The summed E-state index contributed by atoms with van der Waals surface area (Å²) in [4.78, 5) is 29.3. The molecule has 1 saturated heterocycles. The van der Waals surface area contributed by atoms with Crippen LogP contribution in [0, 0.1) is 0 Å². The van der Waals surface area contributed by atoms with Gasteiger partial charge in [0.1, 0.15) is 15.4 Å². The molecule has 2 atom stereocenters. The molecule has 5 rings (SSSR count). The lowest BCUT2D eigenvalue weighted by Crippen LogP contribution is -2.47. The number of piperazine rings is 1. The van der Waals surface area contributed by atoms with Gasteiger partial charge in [-0.05, 0) is 36.7 Å². The minimum absolute atomic E-state index is 0.0124. The molecule has 214 valence electrons. The summed E-state index contributed by atoms with van der Waals surface area (Å²) >= 11 is 0.761. The summed E-state index contributed by atoms with van der Waals surface area (Å²) < 4.78 is 60.3. The van der Waals surface area contributed by atoms with Gasteiger partial charge in [0, 0.05) is 45.1 Å². The molecular weight excluding hydrogens is 566 g/mol. The van der Waals surface area contributed by atoms with E-state index in [1.807, 2.05) is 11.9 Å². The Kier molecular flexibility index (Phi) is 7.31. The number of alkyl halides is 2. The predicted molar refractivity (Wildman–Crippen MR) is 142 cm³/mol. The summed E-state index contributed by atoms with van der Waals surface area (Å²) in [6.45, 7) is 3.55. The van der Waals surface area contributed by atoms with Crippen molar-refractivity contribution in [2.75, 3.05) is 33.2 Å². The predicted octanol–water partition coefficient (Wildman–Crippen LogP) is 3.12. The van der Waals surface area contributed by atoms with Gasteiger partial charge in [-0.3, -0.25) is 9.59 Å². The van der Waals surface area contributed by atoms with Crippen molar-refractivity contribution in [2.24, 2.45) is 0 Å². The van der Waals surface area contributed by atoms with E-state index < -0.39 is 39.1 Å². The number of hydrogen-bond acceptors (Lipinski definition) is 8. The van der Waals surface area contributed by atoms with E-state index in [-0.39, 0.29) is 33.5 Å². The molecule has 1 aliphatic carbocycles. The minimum atomic E-state index is -4.28. The zero-order valence-corrected chi connectivity index (χ0v) is 23.4. The first-order valence-electron chi connectivity index (χ1n) is 12.6. The lowest BCUT2D eigenvalue weighted by Gasteiger charge is -2.32. The number of aliphatic carboxylic acids is 1. The van der Waals surface area contributed by atoms with E-state index in [0.717, 1.165) is 36.1 Å². The first kappa shape index (κ1) is 28.3. The molecule has 1 amide bonds. The van der Waals surface area contributed by atoms with E-state index in [1.165, 1.54) is 12.1 Å². The Labute approximate surface area is 233 Å². The maximum atomic E-state index is 13.5. The molecule has 40 heavy (non-hydrogen) atoms. The summed E-state index contributed by atoms with van der Waals surface area (Å²) in [6.07, 6.45) is 0.204. The van der Waals surface area contributed by atoms with Crippen LogP contribution in [0.15, 0.2) is 51.2 Å². The molecular formula is C26H28F2N4O6S2. The number of hydrogen-bond donors (Lipinski definition) is 2.